The lowest BCUT2D eigenvalue weighted by molar-refractivity contribution is 0.0741. The van der Waals surface area contributed by atoms with Gasteiger partial charge in [0.15, 0.2) is 0 Å². The molecule has 0 aliphatic carbocycles. The van der Waals surface area contributed by atoms with Gasteiger partial charge in [0.05, 0.1) is 0 Å². The normalized spacial score (nSPS) is 14.5. The largest absolute Gasteiger partial charge is 0.384 e. The van der Waals surface area contributed by atoms with Crippen LogP contribution in [0, 0.1) is 0 Å². The second-order valence-electron chi connectivity index (χ2n) is 6.92. The van der Waals surface area contributed by atoms with Gasteiger partial charge in [0, 0.05) is 61.9 Å². The Morgan fingerprint density at radius 2 is 1.96 bits per heavy atom. The minimum absolute atomic E-state index is 0.0167. The number of hydrogen-bond acceptors (Lipinski definition) is 5. The van der Waals surface area contributed by atoms with E-state index >= 15 is 0 Å². The van der Waals surface area contributed by atoms with Crippen LogP contribution in [0.15, 0.2) is 42.6 Å². The van der Waals surface area contributed by atoms with Crippen LogP contribution in [0.1, 0.15) is 10.5 Å². The van der Waals surface area contributed by atoms with Gasteiger partial charge in [0.25, 0.3) is 5.91 Å². The highest BCUT2D eigenvalue weighted by Gasteiger charge is 2.23. The molecule has 1 aromatic carbocycles. The van der Waals surface area contributed by atoms with Crippen LogP contribution in [-0.2, 0) is 0 Å². The minimum atomic E-state index is -0.0167. The predicted octanol–water partition coefficient (Wildman–Crippen LogP) is 2.67. The third kappa shape index (κ3) is 5.34. The third-order valence-corrected chi connectivity index (χ3v) is 4.84. The van der Waals surface area contributed by atoms with Crippen LogP contribution in [0.2, 0.25) is 5.02 Å². The van der Waals surface area contributed by atoms with E-state index in [1.165, 1.54) is 0 Å². The maximum absolute atomic E-state index is 12.8. The molecule has 1 amide bonds. The minimum Gasteiger partial charge on any atom is -0.384 e. The zero-order valence-corrected chi connectivity index (χ0v) is 16.6. The number of amides is 1. The predicted molar refractivity (Wildman–Crippen MR) is 111 cm³/mol. The van der Waals surface area contributed by atoms with Crippen LogP contribution >= 0.6 is 11.6 Å². The number of rotatable bonds is 6. The Kier molecular flexibility index (Phi) is 6.53. The molecule has 144 valence electrons. The smallest absolute Gasteiger partial charge is 0.272 e. The van der Waals surface area contributed by atoms with Gasteiger partial charge in [-0.3, -0.25) is 9.78 Å². The van der Waals surface area contributed by atoms with Gasteiger partial charge in [-0.25, -0.2) is 0 Å². The summed E-state index contributed by atoms with van der Waals surface area (Å²) in [5, 5.41) is 4.07. The Morgan fingerprint density at radius 3 is 2.67 bits per heavy atom. The summed E-state index contributed by atoms with van der Waals surface area (Å²) >= 11 is 6.08. The molecule has 6 nitrogen and oxygen atoms in total. The van der Waals surface area contributed by atoms with E-state index in [4.69, 9.17) is 11.6 Å². The average Bonchev–Trinajstić information content (AvgIpc) is 2.67. The quantitative estimate of drug-likeness (QED) is 0.825. The molecule has 0 radical (unpaired) electrons. The van der Waals surface area contributed by atoms with E-state index in [0.29, 0.717) is 18.8 Å². The number of hydrogen-bond donors (Lipinski definition) is 1. The molecular formula is C20H26ClN5O. The van der Waals surface area contributed by atoms with Crippen molar-refractivity contribution in [3.05, 3.63) is 53.3 Å². The van der Waals surface area contributed by atoms with Gasteiger partial charge in [-0.1, -0.05) is 17.7 Å². The Hall–Kier alpha value is -2.31. The summed E-state index contributed by atoms with van der Waals surface area (Å²) < 4.78 is 0. The Morgan fingerprint density at radius 1 is 1.19 bits per heavy atom. The van der Waals surface area contributed by atoms with Gasteiger partial charge >= 0.3 is 0 Å². The van der Waals surface area contributed by atoms with Crippen LogP contribution in [0.3, 0.4) is 0 Å². The molecular weight excluding hydrogens is 362 g/mol. The first kappa shape index (κ1) is 19.5. The van der Waals surface area contributed by atoms with Crippen molar-refractivity contribution in [2.45, 2.75) is 0 Å². The summed E-state index contributed by atoms with van der Waals surface area (Å²) in [5.74, 6) is -0.0167. The summed E-state index contributed by atoms with van der Waals surface area (Å²) in [6.07, 6.45) is 1.69. The zero-order chi connectivity index (χ0) is 19.2. The van der Waals surface area contributed by atoms with Gasteiger partial charge in [0.2, 0.25) is 0 Å². The molecule has 2 aromatic rings. The van der Waals surface area contributed by atoms with Gasteiger partial charge in [-0.05, 0) is 44.4 Å². The number of nitrogens with one attached hydrogen (secondary N) is 1. The van der Waals surface area contributed by atoms with Crippen LogP contribution < -0.4 is 10.2 Å². The van der Waals surface area contributed by atoms with Gasteiger partial charge in [-0.2, -0.15) is 0 Å². The van der Waals surface area contributed by atoms with Crippen LogP contribution in [0.4, 0.5) is 11.4 Å². The first-order chi connectivity index (χ1) is 13.0. The summed E-state index contributed by atoms with van der Waals surface area (Å²) in [6.45, 7) is 4.66. The van der Waals surface area contributed by atoms with Crippen molar-refractivity contribution in [1.82, 2.24) is 14.8 Å². The number of halogens is 1. The van der Waals surface area contributed by atoms with Crippen molar-refractivity contribution in [3.8, 4) is 0 Å². The molecule has 1 saturated heterocycles. The third-order valence-electron chi connectivity index (χ3n) is 4.61. The molecule has 27 heavy (non-hydrogen) atoms. The van der Waals surface area contributed by atoms with Crippen LogP contribution in [0.25, 0.3) is 0 Å². The van der Waals surface area contributed by atoms with Crippen molar-refractivity contribution in [3.63, 3.8) is 0 Å². The molecule has 0 atom stereocenters. The fourth-order valence-electron chi connectivity index (χ4n) is 3.08. The van der Waals surface area contributed by atoms with Crippen LogP contribution in [-0.4, -0.2) is 74.1 Å². The monoisotopic (exact) mass is 387 g/mol. The van der Waals surface area contributed by atoms with E-state index in [0.717, 1.165) is 42.6 Å². The average molecular weight is 388 g/mol. The van der Waals surface area contributed by atoms with E-state index < -0.39 is 0 Å². The summed E-state index contributed by atoms with van der Waals surface area (Å²) in [4.78, 5) is 23.3. The molecule has 1 aromatic heterocycles. The van der Waals surface area contributed by atoms with E-state index in [1.807, 2.05) is 55.4 Å². The number of aromatic nitrogens is 1. The topological polar surface area (TPSA) is 51.7 Å². The molecule has 0 spiro atoms. The van der Waals surface area contributed by atoms with E-state index in [1.54, 1.807) is 6.20 Å². The molecule has 2 heterocycles. The van der Waals surface area contributed by atoms with Gasteiger partial charge < -0.3 is 20.0 Å². The maximum Gasteiger partial charge on any atom is 0.272 e. The van der Waals surface area contributed by atoms with Gasteiger partial charge in [-0.15, -0.1) is 0 Å². The number of carbonyl (C=O) groups is 1. The standard InChI is InChI=1S/C20H26ClN5O/c1-24(2)9-8-22-17-6-7-23-19(15-17)20(27)26-12-10-25(11-13-26)18-5-3-4-16(21)14-18/h3-7,14-15H,8-13H2,1-2H3,(H,22,23). The van der Waals surface area contributed by atoms with Crippen molar-refractivity contribution >= 4 is 28.9 Å². The summed E-state index contributed by atoms with van der Waals surface area (Å²) in [7, 11) is 4.07. The number of piperazine rings is 1. The molecule has 0 saturated carbocycles. The molecule has 7 heteroatoms. The Labute approximate surface area is 165 Å². The summed E-state index contributed by atoms with van der Waals surface area (Å²) in [6, 6.07) is 11.6. The highest BCUT2D eigenvalue weighted by atomic mass is 35.5. The number of carbonyl (C=O) groups excluding carboxylic acids is 1. The SMILES string of the molecule is CN(C)CCNc1ccnc(C(=O)N2CCN(c3cccc(Cl)c3)CC2)c1. The number of nitrogens with zero attached hydrogens (tertiary/aromatic N) is 4. The number of anilines is 2. The lowest BCUT2D eigenvalue weighted by atomic mass is 10.2. The molecule has 0 bridgehead atoms. The maximum atomic E-state index is 12.8. The fourth-order valence-corrected chi connectivity index (χ4v) is 3.27. The van der Waals surface area contributed by atoms with Crippen molar-refractivity contribution in [2.75, 3.05) is 63.6 Å². The Bertz CT molecular complexity index is 774. The lowest BCUT2D eigenvalue weighted by Gasteiger charge is -2.36. The summed E-state index contributed by atoms with van der Waals surface area (Å²) in [5.41, 5.74) is 2.51. The number of benzene rings is 1. The van der Waals surface area contributed by atoms with E-state index in [-0.39, 0.29) is 5.91 Å². The second-order valence-corrected chi connectivity index (χ2v) is 7.36. The second kappa shape index (κ2) is 9.06. The molecule has 1 fully saturated rings. The van der Waals surface area contributed by atoms with Gasteiger partial charge in [0.1, 0.15) is 5.69 Å². The van der Waals surface area contributed by atoms with Crippen LogP contribution in [0.5, 0.6) is 0 Å². The highest BCUT2D eigenvalue weighted by molar-refractivity contribution is 6.30. The molecule has 1 aliphatic rings. The molecule has 1 aliphatic heterocycles. The fraction of sp³-hybridized carbons (Fsp3) is 0.400. The number of pyridine rings is 1. The first-order valence-corrected chi connectivity index (χ1v) is 9.55. The Balaban J connectivity index is 1.57. The first-order valence-electron chi connectivity index (χ1n) is 9.17. The molecule has 0 unspecified atom stereocenters. The van der Waals surface area contributed by atoms with E-state index in [2.05, 4.69) is 20.1 Å². The van der Waals surface area contributed by atoms with Crippen molar-refractivity contribution in [2.24, 2.45) is 0 Å². The van der Waals surface area contributed by atoms with Crippen molar-refractivity contribution < 1.29 is 4.79 Å². The molecule has 3 rings (SSSR count). The lowest BCUT2D eigenvalue weighted by Crippen LogP contribution is -2.49. The van der Waals surface area contributed by atoms with Crippen molar-refractivity contribution in [1.29, 1.82) is 0 Å². The van der Waals surface area contributed by atoms with E-state index in [9.17, 15) is 4.79 Å². The zero-order valence-electron chi connectivity index (χ0n) is 15.9. The molecule has 1 N–H and O–H groups in total. The number of likely N-dealkylation sites (N-methyl/N-ethyl adjacent to an activating group) is 1. The highest BCUT2D eigenvalue weighted by Crippen LogP contribution is 2.21.